The monoisotopic (exact) mass is 543 g/mol. The smallest absolute Gasteiger partial charge is 0.410 e. The van der Waals surface area contributed by atoms with E-state index in [2.05, 4.69) is 24.7 Å². The molecule has 0 aliphatic carbocycles. The minimum absolute atomic E-state index is 0.000141. The molecule has 0 unspecified atom stereocenters. The van der Waals surface area contributed by atoms with Crippen LogP contribution >= 0.6 is 0 Å². The predicted molar refractivity (Wildman–Crippen MR) is 139 cm³/mol. The van der Waals surface area contributed by atoms with Crippen LogP contribution in [-0.2, 0) is 17.9 Å². The Kier molecular flexibility index (Phi) is 7.55. The molecule has 38 heavy (non-hydrogen) atoms. The van der Waals surface area contributed by atoms with Crippen molar-refractivity contribution in [3.05, 3.63) is 74.2 Å². The number of ether oxygens (including phenoxy) is 2. The van der Waals surface area contributed by atoms with Crippen LogP contribution in [0.4, 0.5) is 26.4 Å². The third-order valence-electron chi connectivity index (χ3n) is 5.96. The molecule has 0 bridgehead atoms. The topological polar surface area (TPSA) is 143 Å². The van der Waals surface area contributed by atoms with Gasteiger partial charge in [-0.3, -0.25) is 15.0 Å². The largest absolute Gasteiger partial charge is 0.419 e. The normalized spacial score (nSPS) is 12.9. The summed E-state index contributed by atoms with van der Waals surface area (Å²) in [5, 5.41) is 26.4. The number of nitro benzene ring substituents is 1. The summed E-state index contributed by atoms with van der Waals surface area (Å²) in [5.74, 6) is -1.16. The third kappa shape index (κ3) is 6.03. The number of halogens is 1. The van der Waals surface area contributed by atoms with Gasteiger partial charge in [0.05, 0.1) is 21.9 Å². The van der Waals surface area contributed by atoms with Crippen molar-refractivity contribution in [2.24, 2.45) is 0 Å². The van der Waals surface area contributed by atoms with Crippen molar-refractivity contribution in [2.45, 2.75) is 38.8 Å². The van der Waals surface area contributed by atoms with Crippen LogP contribution in [0.1, 0.15) is 5.56 Å². The highest BCUT2D eigenvalue weighted by Gasteiger charge is 2.31. The maximum absolute atomic E-state index is 15.3. The van der Waals surface area contributed by atoms with Gasteiger partial charge in [0, 0.05) is 38.9 Å². The molecule has 1 aromatic heterocycles. The number of amides is 1. The number of non-ortho nitro benzene ring substituents is 1. The Bertz CT molecular complexity index is 1390. The standard InChI is InChI=1S/C24H26FN5O7Si/c1-38(2,3)11-10-36-15-27-14-20(23(26-27)30(34)35)19-12-16-8-9-28(22(16)13-21(19)25)24(31)37-18-6-4-17(5-7-18)29(32)33/h4-7,12-14H,8-11,15H2,1-3H3. The molecule has 2 heterocycles. The maximum atomic E-state index is 15.3. The van der Waals surface area contributed by atoms with Gasteiger partial charge >= 0.3 is 11.9 Å². The highest BCUT2D eigenvalue weighted by atomic mass is 28.3. The fourth-order valence-corrected chi connectivity index (χ4v) is 4.69. The second-order valence-electron chi connectivity index (χ2n) is 9.99. The summed E-state index contributed by atoms with van der Waals surface area (Å²) in [6.07, 6.45) is 0.978. The number of hydrogen-bond donors (Lipinski definition) is 0. The molecule has 0 radical (unpaired) electrons. The number of carbonyl (C=O) groups is 1. The zero-order chi connectivity index (χ0) is 27.6. The van der Waals surface area contributed by atoms with E-state index in [-0.39, 0.29) is 41.5 Å². The Morgan fingerprint density at radius 1 is 1.11 bits per heavy atom. The molecule has 12 nitrogen and oxygen atoms in total. The lowest BCUT2D eigenvalue weighted by atomic mass is 10.0. The van der Waals surface area contributed by atoms with E-state index in [4.69, 9.17) is 9.47 Å². The van der Waals surface area contributed by atoms with Gasteiger partial charge in [-0.25, -0.2) is 9.18 Å². The Balaban J connectivity index is 1.53. The number of hydrogen-bond acceptors (Lipinski definition) is 8. The summed E-state index contributed by atoms with van der Waals surface area (Å²) in [5.41, 5.74) is 0.741. The van der Waals surface area contributed by atoms with Gasteiger partial charge in [0.15, 0.2) is 6.73 Å². The molecule has 14 heteroatoms. The van der Waals surface area contributed by atoms with Gasteiger partial charge in [-0.1, -0.05) is 19.6 Å². The van der Waals surface area contributed by atoms with Gasteiger partial charge in [0.25, 0.3) is 5.69 Å². The molecule has 0 fully saturated rings. The van der Waals surface area contributed by atoms with E-state index in [0.29, 0.717) is 18.6 Å². The lowest BCUT2D eigenvalue weighted by Crippen LogP contribution is -2.31. The van der Waals surface area contributed by atoms with Crippen LogP contribution in [0, 0.1) is 26.0 Å². The van der Waals surface area contributed by atoms with E-state index in [1.165, 1.54) is 46.1 Å². The summed E-state index contributed by atoms with van der Waals surface area (Å²) in [4.78, 5) is 35.2. The van der Waals surface area contributed by atoms with Crippen molar-refractivity contribution in [1.29, 1.82) is 0 Å². The molecule has 4 rings (SSSR count). The Morgan fingerprint density at radius 3 is 2.45 bits per heavy atom. The molecule has 0 atom stereocenters. The van der Waals surface area contributed by atoms with Crippen molar-refractivity contribution in [3.8, 4) is 16.9 Å². The SMILES string of the molecule is C[Si](C)(C)CCOCn1cc(-c2cc3c(cc2F)N(C(=O)Oc2ccc([N+](=O)[O-])cc2)CC3)c([N+](=O)[O-])n1. The number of nitrogens with zero attached hydrogens (tertiary/aromatic N) is 5. The van der Waals surface area contributed by atoms with Crippen LogP contribution in [0.15, 0.2) is 42.6 Å². The van der Waals surface area contributed by atoms with Gasteiger partial charge < -0.3 is 19.6 Å². The molecule has 0 spiro atoms. The van der Waals surface area contributed by atoms with Crippen LogP contribution in [0.5, 0.6) is 5.75 Å². The minimum atomic E-state index is -1.31. The van der Waals surface area contributed by atoms with E-state index in [0.717, 1.165) is 12.1 Å². The highest BCUT2D eigenvalue weighted by Crippen LogP contribution is 2.38. The van der Waals surface area contributed by atoms with Gasteiger partial charge in [0.2, 0.25) is 0 Å². The summed E-state index contributed by atoms with van der Waals surface area (Å²) in [6, 6.07) is 8.54. The van der Waals surface area contributed by atoms with Crippen LogP contribution in [0.2, 0.25) is 25.7 Å². The quantitative estimate of drug-likeness (QED) is 0.151. The second-order valence-corrected chi connectivity index (χ2v) is 15.6. The number of aromatic nitrogens is 2. The van der Waals surface area contributed by atoms with Crippen molar-refractivity contribution < 1.29 is 28.5 Å². The van der Waals surface area contributed by atoms with Gasteiger partial charge in [-0.05, 0) is 47.2 Å². The first kappa shape index (κ1) is 26.9. The summed E-state index contributed by atoms with van der Waals surface area (Å²) in [6.45, 7) is 7.33. The maximum Gasteiger partial charge on any atom is 0.419 e. The molecule has 200 valence electrons. The Hall–Kier alpha value is -4.17. The summed E-state index contributed by atoms with van der Waals surface area (Å²) >= 11 is 0. The lowest BCUT2D eigenvalue weighted by Gasteiger charge is -2.17. The first-order valence-corrected chi connectivity index (χ1v) is 15.5. The average molecular weight is 544 g/mol. The zero-order valence-corrected chi connectivity index (χ0v) is 22.0. The van der Waals surface area contributed by atoms with Crippen molar-refractivity contribution >= 4 is 31.4 Å². The second kappa shape index (κ2) is 10.7. The minimum Gasteiger partial charge on any atom is -0.410 e. The zero-order valence-electron chi connectivity index (χ0n) is 21.0. The van der Waals surface area contributed by atoms with E-state index >= 15 is 4.39 Å². The van der Waals surface area contributed by atoms with E-state index < -0.39 is 35.6 Å². The van der Waals surface area contributed by atoms with Crippen molar-refractivity contribution in [2.75, 3.05) is 18.1 Å². The van der Waals surface area contributed by atoms with Gasteiger partial charge in [-0.15, -0.1) is 0 Å². The number of benzene rings is 2. The molecule has 0 saturated heterocycles. The van der Waals surface area contributed by atoms with Crippen LogP contribution in [0.25, 0.3) is 11.1 Å². The van der Waals surface area contributed by atoms with Crippen molar-refractivity contribution in [1.82, 2.24) is 9.78 Å². The Labute approximate surface area is 217 Å². The first-order chi connectivity index (χ1) is 17.9. The van der Waals surface area contributed by atoms with Crippen LogP contribution in [-0.4, -0.2) is 46.9 Å². The molecule has 2 aromatic carbocycles. The number of anilines is 1. The summed E-state index contributed by atoms with van der Waals surface area (Å²) in [7, 11) is -1.31. The first-order valence-electron chi connectivity index (χ1n) is 11.8. The van der Waals surface area contributed by atoms with Crippen LogP contribution in [0.3, 0.4) is 0 Å². The Morgan fingerprint density at radius 2 is 1.82 bits per heavy atom. The summed E-state index contributed by atoms with van der Waals surface area (Å²) < 4.78 is 27.5. The molecular weight excluding hydrogens is 517 g/mol. The molecule has 0 saturated carbocycles. The van der Waals surface area contributed by atoms with E-state index in [9.17, 15) is 25.0 Å². The fourth-order valence-electron chi connectivity index (χ4n) is 3.94. The van der Waals surface area contributed by atoms with Gasteiger partial charge in [-0.2, -0.15) is 4.68 Å². The molecule has 1 aliphatic heterocycles. The lowest BCUT2D eigenvalue weighted by molar-refractivity contribution is -0.389. The molecule has 1 amide bonds. The molecular formula is C24H26FN5O7Si. The van der Waals surface area contributed by atoms with Gasteiger partial charge in [0.1, 0.15) is 17.1 Å². The number of carbonyl (C=O) groups excluding carboxylic acids is 1. The van der Waals surface area contributed by atoms with Crippen molar-refractivity contribution in [3.63, 3.8) is 0 Å². The number of fused-ring (bicyclic) bond motifs is 1. The van der Waals surface area contributed by atoms with Crippen LogP contribution < -0.4 is 9.64 Å². The molecule has 3 aromatic rings. The van der Waals surface area contributed by atoms with E-state index in [1.807, 2.05) is 0 Å². The molecule has 0 N–H and O–H groups in total. The number of nitro groups is 2. The third-order valence-corrected chi connectivity index (χ3v) is 7.67. The predicted octanol–water partition coefficient (Wildman–Crippen LogP) is 5.38. The average Bonchev–Trinajstić information content (AvgIpc) is 3.45. The molecule has 1 aliphatic rings. The van der Waals surface area contributed by atoms with E-state index in [1.54, 1.807) is 0 Å². The highest BCUT2D eigenvalue weighted by molar-refractivity contribution is 6.76. The number of rotatable bonds is 9. The fraction of sp³-hybridized carbons (Fsp3) is 0.333.